The van der Waals surface area contributed by atoms with Gasteiger partial charge in [-0.2, -0.15) is 0 Å². The third kappa shape index (κ3) is 3.49. The van der Waals surface area contributed by atoms with Gasteiger partial charge in [0.25, 0.3) is 0 Å². The summed E-state index contributed by atoms with van der Waals surface area (Å²) in [5.41, 5.74) is 0. The molecule has 3 heteroatoms. The molecule has 0 aromatic rings. The molecule has 19 valence electrons. The molecule has 5 heavy (non-hydrogen) atoms. The fourth-order valence-electron chi connectivity index (χ4n) is 0.0373. The standard InChI is InChI=1S/C2B2N/c3-1-2-5-4. The van der Waals surface area contributed by atoms with Gasteiger partial charge in [0.15, 0.2) is 0 Å². The van der Waals surface area contributed by atoms with Gasteiger partial charge in [-0.25, -0.2) is 0 Å². The van der Waals surface area contributed by atoms with E-state index in [2.05, 4.69) is 20.4 Å². The molecule has 0 rings (SSSR count). The summed E-state index contributed by atoms with van der Waals surface area (Å²) in [5.74, 6) is 1.98. The molecular formula is C2B2N. The van der Waals surface area contributed by atoms with E-state index < -0.39 is 0 Å². The van der Waals surface area contributed by atoms with Crippen molar-refractivity contribution in [3.8, 4) is 11.9 Å². The van der Waals surface area contributed by atoms with Gasteiger partial charge in [-0.15, -0.1) is 0 Å². The van der Waals surface area contributed by atoms with Crippen molar-refractivity contribution in [2.45, 2.75) is 0 Å². The molecule has 0 aliphatic carbocycles. The van der Waals surface area contributed by atoms with E-state index in [-0.39, 0.29) is 0 Å². The summed E-state index contributed by atoms with van der Waals surface area (Å²) in [6.45, 7) is 0. The minimum absolute atomic E-state index is 1.98. The number of hydrogen-bond donors (Lipinski definition) is 0. The maximum absolute atomic E-state index is 4.60. The van der Waals surface area contributed by atoms with Gasteiger partial charge >= 0.3 is 32.2 Å². The summed E-state index contributed by atoms with van der Waals surface area (Å²) in [6.07, 6.45) is 0. The third-order valence-electron chi connectivity index (χ3n) is 0.129. The van der Waals surface area contributed by atoms with Gasteiger partial charge in [0, 0.05) is 0 Å². The van der Waals surface area contributed by atoms with E-state index in [4.69, 9.17) is 0 Å². The van der Waals surface area contributed by atoms with Crippen molar-refractivity contribution >= 4 is 15.5 Å². The van der Waals surface area contributed by atoms with Gasteiger partial charge in [0.05, 0.1) is 0 Å². The van der Waals surface area contributed by atoms with Gasteiger partial charge < -0.3 is 0 Å². The van der Waals surface area contributed by atoms with Gasteiger partial charge in [0.1, 0.15) is 0 Å². The van der Waals surface area contributed by atoms with Gasteiger partial charge in [-0.1, -0.05) is 0 Å². The molecule has 3 radical (unpaired) electrons. The van der Waals surface area contributed by atoms with Crippen LogP contribution in [0.3, 0.4) is 0 Å². The summed E-state index contributed by atoms with van der Waals surface area (Å²) < 4.78 is 0. The number of hydrogen-bond acceptors (Lipinski definition) is 1. The van der Waals surface area contributed by atoms with Crippen molar-refractivity contribution in [3.63, 3.8) is 0 Å². The Hall–Kier alpha value is -0.510. The Morgan fingerprint density at radius 3 is 2.20 bits per heavy atom. The third-order valence-corrected chi connectivity index (χ3v) is 0.129. The van der Waals surface area contributed by atoms with E-state index in [9.17, 15) is 0 Å². The van der Waals surface area contributed by atoms with Crippen LogP contribution in [0.1, 0.15) is 0 Å². The first kappa shape index (κ1) is 4.49. The number of rotatable bonds is 0. The van der Waals surface area contributed by atoms with Crippen molar-refractivity contribution in [2.24, 2.45) is 4.90 Å². The van der Waals surface area contributed by atoms with Crippen molar-refractivity contribution in [1.82, 2.24) is 0 Å². The molecule has 0 aliphatic rings. The first-order chi connectivity index (χ1) is 2.41. The topological polar surface area (TPSA) is 12.4 Å². The van der Waals surface area contributed by atoms with Gasteiger partial charge in [0.2, 0.25) is 0 Å². The molecule has 0 aliphatic heterocycles. The molecule has 0 unspecified atom stereocenters. The SMILES string of the molecule is [B]C#CN=[B]. The summed E-state index contributed by atoms with van der Waals surface area (Å²) in [7, 11) is 9.11. The maximum atomic E-state index is 4.60. The van der Waals surface area contributed by atoms with E-state index in [1.807, 2.05) is 11.9 Å². The fraction of sp³-hybridized carbons (Fsp3) is 0. The van der Waals surface area contributed by atoms with Crippen molar-refractivity contribution in [3.05, 3.63) is 0 Å². The average molecular weight is 59.7 g/mol. The normalized spacial score (nSPS) is 3.80. The predicted octanol–water partition coefficient (Wildman–Crippen LogP) is -0.575. The van der Waals surface area contributed by atoms with E-state index >= 15 is 0 Å². The fourth-order valence-corrected chi connectivity index (χ4v) is 0.0373. The van der Waals surface area contributed by atoms with Crippen LogP contribution in [0.4, 0.5) is 0 Å². The first-order valence-electron chi connectivity index (χ1n) is 1.02. The first-order valence-corrected chi connectivity index (χ1v) is 1.02. The molecule has 0 N–H and O–H groups in total. The Kier molecular flexibility index (Phi) is 3.13. The van der Waals surface area contributed by atoms with E-state index in [0.29, 0.717) is 0 Å². The summed E-state index contributed by atoms with van der Waals surface area (Å²) in [6, 6.07) is 2.04. The van der Waals surface area contributed by atoms with E-state index in [1.54, 1.807) is 0 Å². The molecular weight excluding hydrogens is 59.7 g/mol. The molecule has 0 atom stereocenters. The Bertz CT molecular complexity index is 77.4. The molecule has 0 saturated carbocycles. The Morgan fingerprint density at radius 2 is 2.20 bits per heavy atom. The van der Waals surface area contributed by atoms with Crippen LogP contribution in [0, 0.1) is 11.9 Å². The zero-order valence-electron chi connectivity index (χ0n) is 2.60. The van der Waals surface area contributed by atoms with Crippen molar-refractivity contribution in [1.29, 1.82) is 0 Å². The van der Waals surface area contributed by atoms with E-state index in [1.165, 1.54) is 0 Å². The van der Waals surface area contributed by atoms with Crippen LogP contribution in [0.5, 0.6) is 0 Å². The predicted molar refractivity (Wildman–Crippen MR) is 21.7 cm³/mol. The Balaban J connectivity index is 3.16. The molecule has 0 spiro atoms. The molecule has 1 nitrogen and oxygen atoms in total. The van der Waals surface area contributed by atoms with Gasteiger partial charge in [-0.3, -0.25) is 0 Å². The zero-order valence-corrected chi connectivity index (χ0v) is 2.60. The second-order valence-corrected chi connectivity index (χ2v) is 0.385. The van der Waals surface area contributed by atoms with Crippen LogP contribution >= 0.6 is 0 Å². The second-order valence-electron chi connectivity index (χ2n) is 0.385. The van der Waals surface area contributed by atoms with Crippen molar-refractivity contribution < 1.29 is 0 Å². The zero-order chi connectivity index (χ0) is 4.12. The molecule has 0 aromatic carbocycles. The van der Waals surface area contributed by atoms with E-state index in [0.717, 1.165) is 0 Å². The molecule has 0 fully saturated rings. The molecule has 0 bridgehead atoms. The summed E-state index contributed by atoms with van der Waals surface area (Å²) >= 11 is 0. The van der Waals surface area contributed by atoms with Crippen LogP contribution in [0.15, 0.2) is 4.90 Å². The van der Waals surface area contributed by atoms with Gasteiger partial charge in [-0.05, 0) is 0 Å². The van der Waals surface area contributed by atoms with Crippen LogP contribution in [-0.2, 0) is 0 Å². The van der Waals surface area contributed by atoms with Crippen molar-refractivity contribution in [2.75, 3.05) is 0 Å². The average Bonchev–Trinajstić information content (AvgIpc) is 1.41. The second kappa shape index (κ2) is 3.49. The number of nitrogens with zero attached hydrogens (tertiary/aromatic N) is 1. The summed E-state index contributed by atoms with van der Waals surface area (Å²) in [5, 5.41) is 0. The monoisotopic (exact) mass is 60.0 g/mol. The Labute approximate surface area is 33.3 Å². The van der Waals surface area contributed by atoms with Crippen LogP contribution in [0.2, 0.25) is 0 Å². The van der Waals surface area contributed by atoms with Crippen LogP contribution in [-0.4, -0.2) is 15.5 Å². The minimum atomic E-state index is 1.98. The Morgan fingerprint density at radius 1 is 1.60 bits per heavy atom. The molecule has 0 heterocycles. The van der Waals surface area contributed by atoms with Crippen LogP contribution in [0.25, 0.3) is 0 Å². The molecule has 0 aromatic heterocycles. The quantitative estimate of drug-likeness (QED) is 0.262. The molecule has 0 amide bonds. The molecule has 0 saturated heterocycles. The van der Waals surface area contributed by atoms with Crippen LogP contribution < -0.4 is 0 Å². The summed E-state index contributed by atoms with van der Waals surface area (Å²) in [4.78, 5) is 2.87.